The van der Waals surface area contributed by atoms with Crippen LogP contribution in [0.15, 0.2) is 121 Å². The van der Waals surface area contributed by atoms with Gasteiger partial charge in [0.1, 0.15) is 47.4 Å². The number of ether oxygens (including phenoxy) is 2. The van der Waals surface area contributed by atoms with Gasteiger partial charge >= 0.3 is 15.6 Å². The van der Waals surface area contributed by atoms with Crippen molar-refractivity contribution in [2.45, 2.75) is 24.4 Å². The van der Waals surface area contributed by atoms with Crippen LogP contribution < -0.4 is 18.1 Å². The second-order valence-electron chi connectivity index (χ2n) is 9.40. The first-order valence-corrected chi connectivity index (χ1v) is 16.2. The molecule has 2 fully saturated rings. The van der Waals surface area contributed by atoms with Crippen LogP contribution in [0.3, 0.4) is 0 Å². The zero-order valence-corrected chi connectivity index (χ0v) is 24.0. The van der Waals surface area contributed by atoms with Gasteiger partial charge in [-0.2, -0.15) is 0 Å². The van der Waals surface area contributed by atoms with Crippen LogP contribution in [0.5, 0.6) is 23.0 Å². The summed E-state index contributed by atoms with van der Waals surface area (Å²) >= 11 is 0. The van der Waals surface area contributed by atoms with Gasteiger partial charge < -0.3 is 27.6 Å². The Labute approximate surface area is 243 Å². The Morgan fingerprint density at radius 1 is 0.452 bits per heavy atom. The van der Waals surface area contributed by atoms with Gasteiger partial charge in [0.2, 0.25) is 0 Å². The topological polar surface area (TPSA) is 108 Å². The maximum absolute atomic E-state index is 13.9. The molecule has 12 heteroatoms. The molecule has 0 spiro atoms. The van der Waals surface area contributed by atoms with E-state index in [2.05, 4.69) is 0 Å². The van der Waals surface area contributed by atoms with Crippen molar-refractivity contribution in [1.82, 2.24) is 0 Å². The average Bonchev–Trinajstić information content (AvgIpc) is 3.57. The van der Waals surface area contributed by atoms with E-state index in [0.29, 0.717) is 23.0 Å². The van der Waals surface area contributed by atoms with Crippen LogP contribution in [0.25, 0.3) is 0 Å². The third-order valence-corrected chi connectivity index (χ3v) is 9.13. The summed E-state index contributed by atoms with van der Waals surface area (Å²) in [4.78, 5) is 0. The number of phosphoric acid groups is 2. The van der Waals surface area contributed by atoms with E-state index in [1.807, 2.05) is 0 Å². The summed E-state index contributed by atoms with van der Waals surface area (Å²) in [7, 11) is -8.44. The number of phosphoric ester groups is 2. The molecule has 218 valence electrons. The van der Waals surface area contributed by atoms with Crippen molar-refractivity contribution in [2.24, 2.45) is 0 Å². The number of hydrogen-bond donors (Lipinski definition) is 0. The number of para-hydroxylation sites is 4. The van der Waals surface area contributed by atoms with E-state index in [1.165, 1.54) is 0 Å². The molecule has 4 unspecified atom stereocenters. The summed E-state index contributed by atoms with van der Waals surface area (Å²) in [6.45, 7) is -0.00224. The first kappa shape index (κ1) is 28.5. The van der Waals surface area contributed by atoms with Crippen molar-refractivity contribution in [3.05, 3.63) is 121 Å². The van der Waals surface area contributed by atoms with E-state index in [1.54, 1.807) is 121 Å². The lowest BCUT2D eigenvalue weighted by Crippen LogP contribution is -2.34. The first-order chi connectivity index (χ1) is 20.5. The van der Waals surface area contributed by atoms with Gasteiger partial charge in [0.05, 0.1) is 13.2 Å². The fourth-order valence-corrected chi connectivity index (χ4v) is 7.30. The minimum atomic E-state index is -4.22. The van der Waals surface area contributed by atoms with Crippen LogP contribution in [-0.2, 0) is 27.7 Å². The molecule has 10 nitrogen and oxygen atoms in total. The molecule has 6 rings (SSSR count). The predicted octanol–water partition coefficient (Wildman–Crippen LogP) is 7.09. The van der Waals surface area contributed by atoms with Crippen molar-refractivity contribution in [3.63, 3.8) is 0 Å². The van der Waals surface area contributed by atoms with Gasteiger partial charge in [-0.25, -0.2) is 9.13 Å². The van der Waals surface area contributed by atoms with E-state index in [4.69, 9.17) is 36.6 Å². The van der Waals surface area contributed by atoms with Crippen LogP contribution in [0.1, 0.15) is 0 Å². The largest absolute Gasteiger partial charge is 0.588 e. The molecule has 0 radical (unpaired) electrons. The van der Waals surface area contributed by atoms with E-state index >= 15 is 0 Å². The fourth-order valence-electron chi connectivity index (χ4n) is 4.51. The molecule has 2 aliphatic rings. The first-order valence-electron chi connectivity index (χ1n) is 13.3. The van der Waals surface area contributed by atoms with Gasteiger partial charge in [-0.1, -0.05) is 72.8 Å². The lowest BCUT2D eigenvalue weighted by atomic mass is 10.1. The summed E-state index contributed by atoms with van der Waals surface area (Å²) in [5, 5.41) is 0. The molecule has 0 aromatic heterocycles. The SMILES string of the molecule is O=P(Oc1ccccc1)(Oc1ccccc1)OC1COC2C(OP(=O)(Oc3ccccc3)Oc3ccccc3)COC12. The molecule has 2 saturated heterocycles. The highest BCUT2D eigenvalue weighted by molar-refractivity contribution is 7.49. The number of rotatable bonds is 12. The highest BCUT2D eigenvalue weighted by Gasteiger charge is 2.54. The highest BCUT2D eigenvalue weighted by Crippen LogP contribution is 2.55. The summed E-state index contributed by atoms with van der Waals surface area (Å²) in [5.41, 5.74) is 0. The number of benzene rings is 4. The van der Waals surface area contributed by atoms with Crippen LogP contribution in [-0.4, -0.2) is 37.6 Å². The number of hydrogen-bond acceptors (Lipinski definition) is 10. The van der Waals surface area contributed by atoms with Crippen molar-refractivity contribution < 1.29 is 45.7 Å². The summed E-state index contributed by atoms with van der Waals surface area (Å²) in [6, 6.07) is 34.3. The molecular formula is C30H28O10P2. The van der Waals surface area contributed by atoms with Crippen molar-refractivity contribution in [3.8, 4) is 23.0 Å². The maximum atomic E-state index is 13.9. The minimum Gasteiger partial charge on any atom is -0.395 e. The Bertz CT molecular complexity index is 1320. The van der Waals surface area contributed by atoms with E-state index in [0.717, 1.165) is 0 Å². The Balaban J connectivity index is 1.18. The van der Waals surface area contributed by atoms with E-state index < -0.39 is 40.1 Å². The van der Waals surface area contributed by atoms with Gasteiger partial charge in [0.25, 0.3) is 0 Å². The monoisotopic (exact) mass is 610 g/mol. The standard InChI is InChI=1S/C30H28O10P2/c31-41(35-23-13-5-1-6-14-23,36-24-15-7-2-8-16-24)39-27-21-33-30-28(22-34-29(27)30)40-42(32,37-25-17-9-3-10-18-25)38-26-19-11-4-12-20-26/h1-20,27-30H,21-22H2. The van der Waals surface area contributed by atoms with Gasteiger partial charge in [-0.05, 0) is 48.5 Å². The molecule has 42 heavy (non-hydrogen) atoms. The molecule has 4 aromatic carbocycles. The molecule has 0 saturated carbocycles. The third-order valence-electron chi connectivity index (χ3n) is 6.33. The van der Waals surface area contributed by atoms with Crippen LogP contribution in [0, 0.1) is 0 Å². The molecule has 4 atom stereocenters. The third kappa shape index (κ3) is 7.05. The van der Waals surface area contributed by atoms with Gasteiger partial charge in [-0.3, -0.25) is 9.05 Å². The zero-order valence-electron chi connectivity index (χ0n) is 22.2. The Morgan fingerprint density at radius 2 is 0.714 bits per heavy atom. The fraction of sp³-hybridized carbons (Fsp3) is 0.200. The molecule has 2 aliphatic heterocycles. The quantitative estimate of drug-likeness (QED) is 0.154. The molecule has 0 N–H and O–H groups in total. The second kappa shape index (κ2) is 12.7. The Hall–Kier alpha value is -3.62. The molecule has 2 heterocycles. The number of fused-ring (bicyclic) bond motifs is 1. The van der Waals surface area contributed by atoms with E-state index in [-0.39, 0.29) is 13.2 Å². The molecular weight excluding hydrogens is 582 g/mol. The lowest BCUT2D eigenvalue weighted by Gasteiger charge is -2.24. The maximum Gasteiger partial charge on any atom is 0.588 e. The van der Waals surface area contributed by atoms with E-state index in [9.17, 15) is 9.13 Å². The normalized spacial score (nSPS) is 21.8. The van der Waals surface area contributed by atoms with Gasteiger partial charge in [0.15, 0.2) is 0 Å². The van der Waals surface area contributed by atoms with Crippen LogP contribution >= 0.6 is 15.6 Å². The Kier molecular flexibility index (Phi) is 8.63. The van der Waals surface area contributed by atoms with Crippen molar-refractivity contribution >= 4 is 15.6 Å². The highest BCUT2D eigenvalue weighted by atomic mass is 31.2. The zero-order chi connectivity index (χ0) is 28.8. The molecule has 0 amide bonds. The van der Waals surface area contributed by atoms with Crippen LogP contribution in [0.4, 0.5) is 0 Å². The second-order valence-corrected chi connectivity index (χ2v) is 12.3. The molecule has 4 aromatic rings. The van der Waals surface area contributed by atoms with Gasteiger partial charge in [-0.15, -0.1) is 0 Å². The van der Waals surface area contributed by atoms with Crippen molar-refractivity contribution in [1.29, 1.82) is 0 Å². The minimum absolute atomic E-state index is 0.00112. The average molecular weight is 610 g/mol. The van der Waals surface area contributed by atoms with Crippen LogP contribution in [0.2, 0.25) is 0 Å². The summed E-state index contributed by atoms with van der Waals surface area (Å²) in [6.07, 6.45) is -3.12. The molecule has 0 bridgehead atoms. The predicted molar refractivity (Wildman–Crippen MR) is 153 cm³/mol. The summed E-state index contributed by atoms with van der Waals surface area (Å²) < 4.78 is 74.6. The summed E-state index contributed by atoms with van der Waals surface area (Å²) in [5.74, 6) is 1.21. The lowest BCUT2D eigenvalue weighted by molar-refractivity contribution is 0.00417. The molecule has 0 aliphatic carbocycles. The van der Waals surface area contributed by atoms with Crippen molar-refractivity contribution in [2.75, 3.05) is 13.2 Å². The Morgan fingerprint density at radius 3 is 0.976 bits per heavy atom. The smallest absolute Gasteiger partial charge is 0.395 e. The van der Waals surface area contributed by atoms with Gasteiger partial charge in [0, 0.05) is 0 Å².